The molecule has 0 spiro atoms. The van der Waals surface area contributed by atoms with Crippen LogP contribution in [0.5, 0.6) is 0 Å². The maximum atomic E-state index is 9.50. The Labute approximate surface area is 86.0 Å². The third-order valence-electron chi connectivity index (χ3n) is 2.19. The van der Waals surface area contributed by atoms with Crippen LogP contribution in [0.1, 0.15) is 13.8 Å². The van der Waals surface area contributed by atoms with Crippen LogP contribution in [0.15, 0.2) is 24.9 Å². The molecule has 0 aromatic rings. The fourth-order valence-electron chi connectivity index (χ4n) is 1.33. The molecule has 0 aliphatic carbocycles. The minimum Gasteiger partial charge on any atom is -0.367 e. The molecule has 80 valence electrons. The van der Waals surface area contributed by atoms with E-state index in [1.165, 1.54) is 7.11 Å². The molecule has 14 heavy (non-hydrogen) atoms. The van der Waals surface area contributed by atoms with E-state index in [9.17, 15) is 5.11 Å². The standard InChI is InChI=1S/C11H20NO2/c1-6-8-12(4)10(7-2)9(3)11(13)14-5/h6-11,13H,2,4H2,1,3,5H3/q+1/b8-6-. The Kier molecular flexibility index (Phi) is 6.08. The van der Waals surface area contributed by atoms with Crippen molar-refractivity contribution in [2.24, 2.45) is 5.92 Å². The van der Waals surface area contributed by atoms with Crippen molar-refractivity contribution in [2.75, 3.05) is 7.11 Å². The van der Waals surface area contributed by atoms with Gasteiger partial charge < -0.3 is 9.84 Å². The maximum absolute atomic E-state index is 9.50. The third kappa shape index (κ3) is 3.44. The first-order valence-electron chi connectivity index (χ1n) is 4.63. The van der Waals surface area contributed by atoms with E-state index in [2.05, 4.69) is 13.3 Å². The molecule has 0 heterocycles. The van der Waals surface area contributed by atoms with E-state index in [4.69, 9.17) is 4.74 Å². The molecule has 0 bridgehead atoms. The van der Waals surface area contributed by atoms with Gasteiger partial charge in [0.2, 0.25) is 0 Å². The molecular formula is C11H20NO2+. The molecule has 0 fully saturated rings. The van der Waals surface area contributed by atoms with Crippen LogP contribution >= 0.6 is 0 Å². The van der Waals surface area contributed by atoms with Gasteiger partial charge in [0, 0.05) is 7.11 Å². The molecule has 0 aromatic heterocycles. The number of ether oxygens (including phenoxy) is 1. The van der Waals surface area contributed by atoms with Crippen LogP contribution in [0, 0.1) is 5.92 Å². The highest BCUT2D eigenvalue weighted by atomic mass is 16.6. The van der Waals surface area contributed by atoms with Gasteiger partial charge in [-0.15, -0.1) is 0 Å². The van der Waals surface area contributed by atoms with Crippen LogP contribution in [0.2, 0.25) is 0 Å². The van der Waals surface area contributed by atoms with Gasteiger partial charge in [0.05, 0.1) is 5.92 Å². The summed E-state index contributed by atoms with van der Waals surface area (Å²) in [6.45, 7) is 11.4. The predicted octanol–water partition coefficient (Wildman–Crippen LogP) is 1.39. The molecule has 3 nitrogen and oxygen atoms in total. The van der Waals surface area contributed by atoms with E-state index in [0.717, 1.165) is 0 Å². The van der Waals surface area contributed by atoms with Crippen molar-refractivity contribution in [3.63, 3.8) is 0 Å². The molecule has 0 saturated carbocycles. The second kappa shape index (κ2) is 6.51. The highest BCUT2D eigenvalue weighted by Gasteiger charge is 2.28. The Balaban J connectivity index is 4.54. The van der Waals surface area contributed by atoms with Crippen molar-refractivity contribution in [1.82, 2.24) is 0 Å². The van der Waals surface area contributed by atoms with Crippen LogP contribution in [0.4, 0.5) is 0 Å². The smallest absolute Gasteiger partial charge is 0.183 e. The number of methoxy groups -OCH3 is 1. The maximum Gasteiger partial charge on any atom is 0.183 e. The average Bonchev–Trinajstić information content (AvgIpc) is 2.18. The zero-order valence-corrected chi connectivity index (χ0v) is 9.18. The Morgan fingerprint density at radius 2 is 2.07 bits per heavy atom. The summed E-state index contributed by atoms with van der Waals surface area (Å²) < 4.78 is 6.60. The monoisotopic (exact) mass is 198 g/mol. The summed E-state index contributed by atoms with van der Waals surface area (Å²) in [5, 5.41) is 9.50. The minimum atomic E-state index is -0.799. The predicted molar refractivity (Wildman–Crippen MR) is 58.4 cm³/mol. The van der Waals surface area contributed by atoms with Gasteiger partial charge in [-0.1, -0.05) is 13.5 Å². The van der Waals surface area contributed by atoms with E-state index in [-0.39, 0.29) is 12.0 Å². The Morgan fingerprint density at radius 3 is 2.43 bits per heavy atom. The topological polar surface area (TPSA) is 32.5 Å². The molecule has 0 radical (unpaired) electrons. The summed E-state index contributed by atoms with van der Waals surface area (Å²) in [5.74, 6) is -0.0776. The Hall–Kier alpha value is -0.930. The van der Waals surface area contributed by atoms with Gasteiger partial charge in [-0.25, -0.2) is 4.58 Å². The zero-order valence-electron chi connectivity index (χ0n) is 9.18. The first-order chi connectivity index (χ1) is 6.58. The van der Waals surface area contributed by atoms with Gasteiger partial charge in [0.1, 0.15) is 6.72 Å². The molecule has 0 saturated heterocycles. The van der Waals surface area contributed by atoms with Crippen LogP contribution in [-0.2, 0) is 4.74 Å². The van der Waals surface area contributed by atoms with E-state index in [1.54, 1.807) is 10.7 Å². The van der Waals surface area contributed by atoms with Crippen molar-refractivity contribution in [2.45, 2.75) is 26.2 Å². The molecule has 0 rings (SSSR count). The quantitative estimate of drug-likeness (QED) is 0.303. The van der Waals surface area contributed by atoms with Crippen molar-refractivity contribution in [3.8, 4) is 0 Å². The van der Waals surface area contributed by atoms with E-state index >= 15 is 0 Å². The molecule has 0 aromatic carbocycles. The third-order valence-corrected chi connectivity index (χ3v) is 2.19. The highest BCUT2D eigenvalue weighted by molar-refractivity contribution is 5.16. The molecule has 3 atom stereocenters. The molecule has 3 unspecified atom stereocenters. The normalized spacial score (nSPS) is 17.7. The van der Waals surface area contributed by atoms with Gasteiger partial charge in [-0.2, -0.15) is 0 Å². The lowest BCUT2D eigenvalue weighted by atomic mass is 10.0. The van der Waals surface area contributed by atoms with Crippen molar-refractivity contribution in [3.05, 3.63) is 24.9 Å². The fourth-order valence-corrected chi connectivity index (χ4v) is 1.33. The SMILES string of the molecule is C=CC(C(C)C(O)OC)[N+](=C)/C=C\C. The van der Waals surface area contributed by atoms with E-state index in [1.807, 2.05) is 26.1 Å². The van der Waals surface area contributed by atoms with E-state index < -0.39 is 6.29 Å². The van der Waals surface area contributed by atoms with Crippen LogP contribution in [-0.4, -0.2) is 35.8 Å². The van der Waals surface area contributed by atoms with Crippen molar-refractivity contribution >= 4 is 6.72 Å². The van der Waals surface area contributed by atoms with Gasteiger partial charge in [0.25, 0.3) is 0 Å². The van der Waals surface area contributed by atoms with Crippen LogP contribution in [0.3, 0.4) is 0 Å². The fraction of sp³-hybridized carbons (Fsp3) is 0.545. The lowest BCUT2D eigenvalue weighted by Gasteiger charge is -2.20. The molecule has 0 amide bonds. The first-order valence-corrected chi connectivity index (χ1v) is 4.63. The van der Waals surface area contributed by atoms with E-state index in [0.29, 0.717) is 0 Å². The second-order valence-corrected chi connectivity index (χ2v) is 3.21. The molecule has 3 heteroatoms. The summed E-state index contributed by atoms with van der Waals surface area (Å²) in [7, 11) is 1.48. The highest BCUT2D eigenvalue weighted by Crippen LogP contribution is 2.13. The number of hydrogen-bond donors (Lipinski definition) is 1. The molecule has 0 aliphatic rings. The van der Waals surface area contributed by atoms with Gasteiger partial charge in [-0.05, 0) is 19.1 Å². The number of aliphatic hydroxyl groups excluding tert-OH is 1. The molecular weight excluding hydrogens is 178 g/mol. The van der Waals surface area contributed by atoms with Gasteiger partial charge in [-0.3, -0.25) is 0 Å². The summed E-state index contributed by atoms with van der Waals surface area (Å²) in [4.78, 5) is 0. The average molecular weight is 198 g/mol. The van der Waals surface area contributed by atoms with Crippen molar-refractivity contribution in [1.29, 1.82) is 0 Å². The zero-order chi connectivity index (χ0) is 11.1. The summed E-state index contributed by atoms with van der Waals surface area (Å²) in [6.07, 6.45) is 4.67. The van der Waals surface area contributed by atoms with Crippen LogP contribution in [0.25, 0.3) is 0 Å². The molecule has 0 aliphatic heterocycles. The lowest BCUT2D eigenvalue weighted by Crippen LogP contribution is -2.35. The number of aliphatic hydroxyl groups is 1. The Morgan fingerprint density at radius 1 is 1.50 bits per heavy atom. The van der Waals surface area contributed by atoms with Crippen molar-refractivity contribution < 1.29 is 14.4 Å². The summed E-state index contributed by atoms with van der Waals surface area (Å²) in [5.41, 5.74) is 0. The number of hydrogen-bond acceptors (Lipinski definition) is 2. The minimum absolute atomic E-state index is 0.0406. The van der Waals surface area contributed by atoms with Crippen LogP contribution < -0.4 is 0 Å². The first kappa shape index (κ1) is 13.1. The number of rotatable bonds is 6. The van der Waals surface area contributed by atoms with Gasteiger partial charge >= 0.3 is 0 Å². The molecule has 1 N–H and O–H groups in total. The lowest BCUT2D eigenvalue weighted by molar-refractivity contribution is -0.493. The number of nitrogens with zero attached hydrogens (tertiary/aromatic N) is 1. The summed E-state index contributed by atoms with van der Waals surface area (Å²) >= 11 is 0. The van der Waals surface area contributed by atoms with Gasteiger partial charge in [0.15, 0.2) is 18.5 Å². The summed E-state index contributed by atoms with van der Waals surface area (Å²) in [6, 6.07) is -0.0406. The Bertz CT molecular complexity index is 223. The number of allylic oxidation sites excluding steroid dienone is 1. The largest absolute Gasteiger partial charge is 0.367 e. The second-order valence-electron chi connectivity index (χ2n) is 3.21.